The van der Waals surface area contributed by atoms with E-state index in [4.69, 9.17) is 16.6 Å². The molecule has 1 saturated heterocycles. The topological polar surface area (TPSA) is 29.0 Å². The molecule has 1 fully saturated rings. The fourth-order valence-corrected chi connectivity index (χ4v) is 2.85. The lowest BCUT2D eigenvalue weighted by atomic mass is 9.95. The molecule has 112 valence electrons. The lowest BCUT2D eigenvalue weighted by Crippen LogP contribution is -2.34. The molecule has 20 heavy (non-hydrogen) atoms. The summed E-state index contributed by atoms with van der Waals surface area (Å²) in [5, 5.41) is 0.594. The largest absolute Gasteiger partial charge is 0.354 e. The first-order chi connectivity index (χ1) is 9.30. The van der Waals surface area contributed by atoms with Crippen molar-refractivity contribution in [3.8, 4) is 0 Å². The van der Waals surface area contributed by atoms with E-state index in [9.17, 15) is 0 Å². The molecule has 0 N–H and O–H groups in total. The smallest absolute Gasteiger partial charge is 0.137 e. The lowest BCUT2D eigenvalue weighted by Gasteiger charge is -2.31. The lowest BCUT2D eigenvalue weighted by molar-refractivity contribution is 0.538. The molecule has 0 saturated carbocycles. The maximum Gasteiger partial charge on any atom is 0.137 e. The van der Waals surface area contributed by atoms with Crippen molar-refractivity contribution in [1.29, 1.82) is 0 Å². The molecule has 1 atom stereocenters. The van der Waals surface area contributed by atoms with Crippen LogP contribution in [0.3, 0.4) is 0 Å². The van der Waals surface area contributed by atoms with Crippen molar-refractivity contribution in [2.24, 2.45) is 0 Å². The van der Waals surface area contributed by atoms with E-state index < -0.39 is 0 Å². The second kappa shape index (κ2) is 5.88. The summed E-state index contributed by atoms with van der Waals surface area (Å²) in [6, 6.07) is 0.523. The third kappa shape index (κ3) is 3.25. The first-order valence-corrected chi connectivity index (χ1v) is 8.00. The molecule has 1 aliphatic heterocycles. The molecule has 1 aromatic rings. The van der Waals surface area contributed by atoms with Gasteiger partial charge in [-0.05, 0) is 26.7 Å². The molecule has 3 nitrogen and oxygen atoms in total. The molecular formula is C16H26ClN3. The van der Waals surface area contributed by atoms with Crippen LogP contribution >= 0.6 is 11.6 Å². The van der Waals surface area contributed by atoms with Gasteiger partial charge in [-0.15, -0.1) is 0 Å². The summed E-state index contributed by atoms with van der Waals surface area (Å²) >= 11 is 6.35. The van der Waals surface area contributed by atoms with Crippen LogP contribution in [-0.2, 0) is 5.41 Å². The van der Waals surface area contributed by atoms with E-state index in [0.29, 0.717) is 11.2 Å². The van der Waals surface area contributed by atoms with E-state index in [2.05, 4.69) is 37.6 Å². The van der Waals surface area contributed by atoms with Gasteiger partial charge >= 0.3 is 0 Å². The van der Waals surface area contributed by atoms with Crippen molar-refractivity contribution in [3.63, 3.8) is 0 Å². The highest BCUT2D eigenvalue weighted by molar-refractivity contribution is 6.30. The number of aromatic nitrogens is 2. The number of hydrogen-bond donors (Lipinski definition) is 0. The fraction of sp³-hybridized carbons (Fsp3) is 0.750. The van der Waals surface area contributed by atoms with E-state index in [1.807, 2.05) is 6.92 Å². The van der Waals surface area contributed by atoms with Gasteiger partial charge in [-0.3, -0.25) is 0 Å². The van der Waals surface area contributed by atoms with Gasteiger partial charge in [0.2, 0.25) is 0 Å². The van der Waals surface area contributed by atoms with Gasteiger partial charge in [0, 0.05) is 23.6 Å². The Kier molecular flexibility index (Phi) is 4.58. The summed E-state index contributed by atoms with van der Waals surface area (Å²) in [7, 11) is 0. The average Bonchev–Trinajstić information content (AvgIpc) is 2.56. The number of anilines is 1. The number of rotatable bonds is 1. The van der Waals surface area contributed by atoms with E-state index in [-0.39, 0.29) is 5.41 Å². The fourth-order valence-electron chi connectivity index (χ4n) is 2.68. The Balaban J connectivity index is 2.46. The van der Waals surface area contributed by atoms with Crippen molar-refractivity contribution in [1.82, 2.24) is 9.97 Å². The van der Waals surface area contributed by atoms with Gasteiger partial charge in [0.05, 0.1) is 0 Å². The first kappa shape index (κ1) is 15.6. The maximum absolute atomic E-state index is 6.35. The van der Waals surface area contributed by atoms with Crippen LogP contribution in [0.2, 0.25) is 5.15 Å². The third-order valence-corrected chi connectivity index (χ3v) is 4.42. The van der Waals surface area contributed by atoms with Crippen LogP contribution in [0.1, 0.15) is 64.8 Å². The van der Waals surface area contributed by atoms with Gasteiger partial charge in [0.15, 0.2) is 0 Å². The molecule has 2 rings (SSSR count). The van der Waals surface area contributed by atoms with Crippen LogP contribution in [-0.4, -0.2) is 22.6 Å². The van der Waals surface area contributed by atoms with Crippen LogP contribution in [0.4, 0.5) is 5.82 Å². The van der Waals surface area contributed by atoms with Crippen LogP contribution < -0.4 is 4.90 Å². The predicted molar refractivity (Wildman–Crippen MR) is 85.8 cm³/mol. The summed E-state index contributed by atoms with van der Waals surface area (Å²) in [6.07, 6.45) is 5.08. The van der Waals surface area contributed by atoms with Gasteiger partial charge in [-0.25, -0.2) is 9.97 Å². The Morgan fingerprint density at radius 2 is 1.85 bits per heavy atom. The Hall–Kier alpha value is -0.830. The highest BCUT2D eigenvalue weighted by atomic mass is 35.5. The minimum atomic E-state index is -0.0822. The number of halogens is 1. The second-order valence-electron chi connectivity index (χ2n) is 6.93. The predicted octanol–water partition coefficient (Wildman–Crippen LogP) is 4.50. The monoisotopic (exact) mass is 295 g/mol. The Morgan fingerprint density at radius 1 is 1.15 bits per heavy atom. The van der Waals surface area contributed by atoms with Gasteiger partial charge in [-0.1, -0.05) is 45.2 Å². The summed E-state index contributed by atoms with van der Waals surface area (Å²) in [5.41, 5.74) is 0.926. The molecule has 2 heterocycles. The van der Waals surface area contributed by atoms with Crippen LogP contribution in [0.15, 0.2) is 0 Å². The van der Waals surface area contributed by atoms with Gasteiger partial charge in [-0.2, -0.15) is 0 Å². The zero-order valence-electron chi connectivity index (χ0n) is 13.3. The van der Waals surface area contributed by atoms with Crippen molar-refractivity contribution < 1.29 is 0 Å². The normalized spacial score (nSPS) is 20.9. The molecule has 1 unspecified atom stereocenters. The Bertz CT molecular complexity index is 479. The molecule has 0 aromatic carbocycles. The van der Waals surface area contributed by atoms with E-state index in [1.165, 1.54) is 25.7 Å². The molecule has 1 aromatic heterocycles. The molecule has 0 amide bonds. The van der Waals surface area contributed by atoms with Crippen LogP contribution in [0.25, 0.3) is 0 Å². The van der Waals surface area contributed by atoms with Crippen molar-refractivity contribution in [3.05, 3.63) is 16.5 Å². The quantitative estimate of drug-likeness (QED) is 0.714. The van der Waals surface area contributed by atoms with Crippen LogP contribution in [0.5, 0.6) is 0 Å². The molecule has 4 heteroatoms. The summed E-state index contributed by atoms with van der Waals surface area (Å²) in [4.78, 5) is 11.7. The average molecular weight is 296 g/mol. The van der Waals surface area contributed by atoms with Crippen molar-refractivity contribution >= 4 is 17.4 Å². The third-order valence-electron chi connectivity index (χ3n) is 4.06. The minimum absolute atomic E-state index is 0.0822. The second-order valence-corrected chi connectivity index (χ2v) is 7.29. The molecule has 0 radical (unpaired) electrons. The van der Waals surface area contributed by atoms with Gasteiger partial charge < -0.3 is 4.90 Å². The minimum Gasteiger partial charge on any atom is -0.354 e. The van der Waals surface area contributed by atoms with Crippen molar-refractivity contribution in [2.75, 3.05) is 11.4 Å². The summed E-state index contributed by atoms with van der Waals surface area (Å²) in [6.45, 7) is 11.8. The summed E-state index contributed by atoms with van der Waals surface area (Å²) < 4.78 is 0. The van der Waals surface area contributed by atoms with E-state index in [0.717, 1.165) is 23.8 Å². The molecule has 0 spiro atoms. The Morgan fingerprint density at radius 3 is 2.50 bits per heavy atom. The number of hydrogen-bond acceptors (Lipinski definition) is 3. The highest BCUT2D eigenvalue weighted by Gasteiger charge is 2.25. The van der Waals surface area contributed by atoms with E-state index in [1.54, 1.807) is 0 Å². The molecular weight excluding hydrogens is 270 g/mol. The molecule has 1 aliphatic rings. The van der Waals surface area contributed by atoms with Crippen LogP contribution in [0, 0.1) is 6.92 Å². The van der Waals surface area contributed by atoms with Crippen molar-refractivity contribution in [2.45, 2.75) is 71.8 Å². The van der Waals surface area contributed by atoms with E-state index >= 15 is 0 Å². The zero-order chi connectivity index (χ0) is 14.9. The number of nitrogens with zero attached hydrogens (tertiary/aromatic N) is 3. The highest BCUT2D eigenvalue weighted by Crippen LogP contribution is 2.31. The standard InChI is InChI=1S/C16H26ClN3/c1-11-9-7-6-8-10-20(11)14-12(2)13(17)18-15(19-14)16(3,4)5/h11H,6-10H2,1-5H3. The summed E-state index contributed by atoms with van der Waals surface area (Å²) in [5.74, 6) is 1.86. The maximum atomic E-state index is 6.35. The molecule has 0 aliphatic carbocycles. The molecule has 0 bridgehead atoms. The van der Waals surface area contributed by atoms with Gasteiger partial charge in [0.25, 0.3) is 0 Å². The zero-order valence-corrected chi connectivity index (χ0v) is 14.1. The Labute approximate surface area is 127 Å². The van der Waals surface area contributed by atoms with Gasteiger partial charge in [0.1, 0.15) is 16.8 Å². The first-order valence-electron chi connectivity index (χ1n) is 7.62. The SMILES string of the molecule is Cc1c(Cl)nc(C(C)(C)C)nc1N1CCCCCC1C.